The van der Waals surface area contributed by atoms with Crippen LogP contribution in [0.1, 0.15) is 13.3 Å². The number of aliphatic hydroxyl groups excluding tert-OH is 1. The molecule has 14 heavy (non-hydrogen) atoms. The summed E-state index contributed by atoms with van der Waals surface area (Å²) in [6.45, 7) is 2.00. The van der Waals surface area contributed by atoms with Crippen LogP contribution in [0.25, 0.3) is 0 Å². The van der Waals surface area contributed by atoms with Gasteiger partial charge in [0.2, 0.25) is 0 Å². The number of ether oxygens (including phenoxy) is 1. The molecule has 0 fully saturated rings. The van der Waals surface area contributed by atoms with Gasteiger partial charge in [0.15, 0.2) is 0 Å². The van der Waals surface area contributed by atoms with E-state index < -0.39 is 0 Å². The van der Waals surface area contributed by atoms with Crippen LogP contribution in [-0.4, -0.2) is 17.8 Å². The van der Waals surface area contributed by atoms with Crippen LogP contribution < -0.4 is 4.74 Å². The van der Waals surface area contributed by atoms with Gasteiger partial charge in [-0.05, 0) is 19.1 Å². The Hall–Kier alpha value is -0.440. The number of hydrogen-bond acceptors (Lipinski definition) is 2. The quantitative estimate of drug-likeness (QED) is 0.868. The SMILES string of the molecule is CC(CCO)Oc1ccc(Cl)c(Cl)c1. The van der Waals surface area contributed by atoms with E-state index in [1.165, 1.54) is 0 Å². The summed E-state index contributed by atoms with van der Waals surface area (Å²) in [5, 5.41) is 9.67. The average Bonchev–Trinajstić information content (AvgIpc) is 2.12. The van der Waals surface area contributed by atoms with Gasteiger partial charge < -0.3 is 9.84 Å². The number of halogens is 2. The van der Waals surface area contributed by atoms with E-state index in [0.29, 0.717) is 22.2 Å². The summed E-state index contributed by atoms with van der Waals surface area (Å²) >= 11 is 11.6. The molecule has 1 aromatic carbocycles. The van der Waals surface area contributed by atoms with E-state index in [-0.39, 0.29) is 12.7 Å². The van der Waals surface area contributed by atoms with Crippen LogP contribution in [-0.2, 0) is 0 Å². The summed E-state index contributed by atoms with van der Waals surface area (Å²) in [4.78, 5) is 0. The van der Waals surface area contributed by atoms with Crippen molar-refractivity contribution in [3.63, 3.8) is 0 Å². The molecule has 1 atom stereocenters. The Bertz CT molecular complexity index is 302. The Morgan fingerprint density at radius 3 is 2.64 bits per heavy atom. The van der Waals surface area contributed by atoms with Gasteiger partial charge in [-0.1, -0.05) is 23.2 Å². The Kier molecular flexibility index (Phi) is 4.52. The summed E-state index contributed by atoms with van der Waals surface area (Å²) in [5.74, 6) is 0.667. The van der Waals surface area contributed by atoms with Crippen molar-refractivity contribution in [3.8, 4) is 5.75 Å². The average molecular weight is 235 g/mol. The highest BCUT2D eigenvalue weighted by molar-refractivity contribution is 6.42. The third-order valence-corrected chi connectivity index (χ3v) is 2.50. The second-order valence-corrected chi connectivity index (χ2v) is 3.83. The van der Waals surface area contributed by atoms with E-state index in [1.54, 1.807) is 18.2 Å². The zero-order valence-corrected chi connectivity index (χ0v) is 9.35. The number of benzene rings is 1. The molecule has 1 aromatic rings. The first-order chi connectivity index (χ1) is 6.63. The highest BCUT2D eigenvalue weighted by atomic mass is 35.5. The fourth-order valence-electron chi connectivity index (χ4n) is 1.02. The second-order valence-electron chi connectivity index (χ2n) is 3.02. The van der Waals surface area contributed by atoms with E-state index in [0.717, 1.165) is 0 Å². The van der Waals surface area contributed by atoms with Crippen molar-refractivity contribution in [2.24, 2.45) is 0 Å². The van der Waals surface area contributed by atoms with Gasteiger partial charge in [-0.3, -0.25) is 0 Å². The van der Waals surface area contributed by atoms with Gasteiger partial charge in [-0.15, -0.1) is 0 Å². The van der Waals surface area contributed by atoms with Crippen molar-refractivity contribution in [2.45, 2.75) is 19.4 Å². The van der Waals surface area contributed by atoms with Crippen molar-refractivity contribution in [2.75, 3.05) is 6.61 Å². The van der Waals surface area contributed by atoms with E-state index in [9.17, 15) is 0 Å². The highest BCUT2D eigenvalue weighted by Gasteiger charge is 2.05. The second kappa shape index (κ2) is 5.44. The highest BCUT2D eigenvalue weighted by Crippen LogP contribution is 2.26. The lowest BCUT2D eigenvalue weighted by Gasteiger charge is -2.13. The molecule has 0 radical (unpaired) electrons. The van der Waals surface area contributed by atoms with E-state index in [4.69, 9.17) is 33.0 Å². The molecule has 78 valence electrons. The van der Waals surface area contributed by atoms with Gasteiger partial charge in [0, 0.05) is 19.1 Å². The molecule has 0 aliphatic heterocycles. The number of rotatable bonds is 4. The van der Waals surface area contributed by atoms with Crippen LogP contribution in [0, 0.1) is 0 Å². The van der Waals surface area contributed by atoms with Crippen molar-refractivity contribution >= 4 is 23.2 Å². The fourth-order valence-corrected chi connectivity index (χ4v) is 1.31. The molecule has 2 nitrogen and oxygen atoms in total. The normalized spacial score (nSPS) is 12.6. The summed E-state index contributed by atoms with van der Waals surface area (Å²) in [7, 11) is 0. The lowest BCUT2D eigenvalue weighted by atomic mass is 10.3. The van der Waals surface area contributed by atoms with Crippen LogP contribution >= 0.6 is 23.2 Å². The first-order valence-corrected chi connectivity index (χ1v) is 5.11. The predicted molar refractivity (Wildman–Crippen MR) is 58.3 cm³/mol. The molecular formula is C10H12Cl2O2. The lowest BCUT2D eigenvalue weighted by molar-refractivity contribution is 0.169. The molecule has 0 saturated carbocycles. The van der Waals surface area contributed by atoms with Crippen LogP contribution in [0.3, 0.4) is 0 Å². The molecule has 0 saturated heterocycles. The van der Waals surface area contributed by atoms with Gasteiger partial charge in [0.05, 0.1) is 16.1 Å². The maximum atomic E-state index is 8.69. The Morgan fingerprint density at radius 2 is 2.07 bits per heavy atom. The topological polar surface area (TPSA) is 29.5 Å². The first kappa shape index (κ1) is 11.6. The third-order valence-electron chi connectivity index (χ3n) is 1.76. The molecule has 0 aliphatic carbocycles. The minimum atomic E-state index is -0.0303. The molecule has 0 heterocycles. The summed E-state index contributed by atoms with van der Waals surface area (Å²) in [6, 6.07) is 5.10. The van der Waals surface area contributed by atoms with Crippen LogP contribution in [0.15, 0.2) is 18.2 Å². The summed E-state index contributed by atoms with van der Waals surface area (Å²) < 4.78 is 5.49. The van der Waals surface area contributed by atoms with Crippen molar-refractivity contribution in [1.82, 2.24) is 0 Å². The Labute approximate surface area is 93.4 Å². The monoisotopic (exact) mass is 234 g/mol. The van der Waals surface area contributed by atoms with Gasteiger partial charge in [-0.2, -0.15) is 0 Å². The summed E-state index contributed by atoms with van der Waals surface area (Å²) in [6.07, 6.45) is 0.567. The zero-order chi connectivity index (χ0) is 10.6. The molecule has 0 aliphatic rings. The Balaban J connectivity index is 2.63. The third kappa shape index (κ3) is 3.37. The fraction of sp³-hybridized carbons (Fsp3) is 0.400. The van der Waals surface area contributed by atoms with E-state index >= 15 is 0 Å². The predicted octanol–water partition coefficient (Wildman–Crippen LogP) is 3.14. The molecule has 1 unspecified atom stereocenters. The van der Waals surface area contributed by atoms with Crippen molar-refractivity contribution in [1.29, 1.82) is 0 Å². The van der Waals surface area contributed by atoms with Gasteiger partial charge in [-0.25, -0.2) is 0 Å². The zero-order valence-electron chi connectivity index (χ0n) is 7.84. The number of hydrogen-bond donors (Lipinski definition) is 1. The smallest absolute Gasteiger partial charge is 0.121 e. The minimum Gasteiger partial charge on any atom is -0.491 e. The van der Waals surface area contributed by atoms with Crippen molar-refractivity contribution in [3.05, 3.63) is 28.2 Å². The molecule has 1 N–H and O–H groups in total. The largest absolute Gasteiger partial charge is 0.491 e. The standard InChI is InChI=1S/C10H12Cl2O2/c1-7(4-5-13)14-8-2-3-9(11)10(12)6-8/h2-3,6-7,13H,4-5H2,1H3. The van der Waals surface area contributed by atoms with Gasteiger partial charge in [0.25, 0.3) is 0 Å². The lowest BCUT2D eigenvalue weighted by Crippen LogP contribution is -2.13. The summed E-state index contributed by atoms with van der Waals surface area (Å²) in [5.41, 5.74) is 0. The van der Waals surface area contributed by atoms with E-state index in [1.807, 2.05) is 6.92 Å². The molecule has 1 rings (SSSR count). The van der Waals surface area contributed by atoms with Crippen LogP contribution in [0.4, 0.5) is 0 Å². The van der Waals surface area contributed by atoms with E-state index in [2.05, 4.69) is 0 Å². The van der Waals surface area contributed by atoms with Crippen molar-refractivity contribution < 1.29 is 9.84 Å². The molecule has 4 heteroatoms. The maximum Gasteiger partial charge on any atom is 0.121 e. The van der Waals surface area contributed by atoms with Gasteiger partial charge >= 0.3 is 0 Å². The van der Waals surface area contributed by atoms with Crippen LogP contribution in [0.5, 0.6) is 5.75 Å². The molecular weight excluding hydrogens is 223 g/mol. The maximum absolute atomic E-state index is 8.69. The first-order valence-electron chi connectivity index (χ1n) is 4.36. The molecule has 0 bridgehead atoms. The molecule has 0 aromatic heterocycles. The van der Waals surface area contributed by atoms with Gasteiger partial charge in [0.1, 0.15) is 5.75 Å². The molecule has 0 amide bonds. The van der Waals surface area contributed by atoms with Crippen LogP contribution in [0.2, 0.25) is 10.0 Å². The molecule has 0 spiro atoms. The Morgan fingerprint density at radius 1 is 1.36 bits per heavy atom. The number of aliphatic hydroxyl groups is 1. The minimum absolute atomic E-state index is 0.0303.